The Morgan fingerprint density at radius 1 is 1.16 bits per heavy atom. The molecule has 1 amide bonds. The lowest BCUT2D eigenvalue weighted by atomic mass is 10.0. The average molecular weight is 362 g/mol. The van der Waals surface area contributed by atoms with Crippen molar-refractivity contribution >= 4 is 23.5 Å². The van der Waals surface area contributed by atoms with Crippen molar-refractivity contribution in [3.8, 4) is 5.75 Å². The molecule has 0 saturated carbocycles. The van der Waals surface area contributed by atoms with Crippen LogP contribution in [0, 0.1) is 0 Å². The molecule has 0 spiro atoms. The summed E-state index contributed by atoms with van der Waals surface area (Å²) in [5.41, 5.74) is 1.07. The van der Waals surface area contributed by atoms with Gasteiger partial charge < -0.3 is 15.2 Å². The number of carbonyl (C=O) groups is 2. The number of ether oxygens (including phenoxy) is 1. The van der Waals surface area contributed by atoms with Gasteiger partial charge in [-0.2, -0.15) is 0 Å². The molecule has 0 aliphatic heterocycles. The van der Waals surface area contributed by atoms with Crippen LogP contribution in [0.4, 0.5) is 0 Å². The van der Waals surface area contributed by atoms with Crippen LogP contribution in [0.3, 0.4) is 0 Å². The number of phenols is 1. The Labute approximate surface area is 151 Å². The van der Waals surface area contributed by atoms with E-state index >= 15 is 0 Å². The highest BCUT2D eigenvalue weighted by Crippen LogP contribution is 2.23. The normalized spacial score (nSPS) is 12.9. The lowest BCUT2D eigenvalue weighted by molar-refractivity contribution is -0.129. The first-order valence-corrected chi connectivity index (χ1v) is 8.28. The molecule has 0 aromatic heterocycles. The van der Waals surface area contributed by atoms with Crippen molar-refractivity contribution in [1.82, 2.24) is 5.32 Å². The van der Waals surface area contributed by atoms with Gasteiger partial charge in [0.05, 0.1) is 0 Å². The van der Waals surface area contributed by atoms with E-state index in [1.165, 1.54) is 25.1 Å². The first-order chi connectivity index (χ1) is 11.9. The minimum absolute atomic E-state index is 0.0401. The van der Waals surface area contributed by atoms with E-state index in [0.717, 1.165) is 5.56 Å². The molecule has 132 valence electrons. The summed E-state index contributed by atoms with van der Waals surface area (Å²) in [7, 11) is 0. The Morgan fingerprint density at radius 2 is 1.84 bits per heavy atom. The molecule has 0 radical (unpaired) electrons. The van der Waals surface area contributed by atoms with E-state index in [2.05, 4.69) is 5.32 Å². The summed E-state index contributed by atoms with van der Waals surface area (Å²) in [4.78, 5) is 24.2. The van der Waals surface area contributed by atoms with Crippen molar-refractivity contribution in [2.75, 3.05) is 6.54 Å². The van der Waals surface area contributed by atoms with Crippen LogP contribution >= 0.6 is 11.6 Å². The van der Waals surface area contributed by atoms with Gasteiger partial charge in [-0.15, -0.1) is 0 Å². The van der Waals surface area contributed by atoms with Gasteiger partial charge in [-0.3, -0.25) is 4.79 Å². The summed E-state index contributed by atoms with van der Waals surface area (Å²) in [5.74, 6) is -1.34. The second-order valence-corrected chi connectivity index (χ2v) is 6.20. The molecule has 5 nitrogen and oxygen atoms in total. The van der Waals surface area contributed by atoms with Crippen molar-refractivity contribution in [3.05, 3.63) is 64.7 Å². The minimum Gasteiger partial charge on any atom is -0.507 e. The first kappa shape index (κ1) is 18.8. The van der Waals surface area contributed by atoms with E-state index in [-0.39, 0.29) is 17.2 Å². The average Bonchev–Trinajstić information content (AvgIpc) is 2.59. The fraction of sp³-hybridized carbons (Fsp3) is 0.263. The number of hydrogen-bond donors (Lipinski definition) is 2. The van der Waals surface area contributed by atoms with Crippen LogP contribution < -0.4 is 5.32 Å². The van der Waals surface area contributed by atoms with Crippen LogP contribution in [-0.4, -0.2) is 29.6 Å². The number of rotatable bonds is 6. The Bertz CT molecular complexity index is 748. The molecular formula is C19H20ClNO4. The lowest BCUT2D eigenvalue weighted by Gasteiger charge is -2.17. The second kappa shape index (κ2) is 8.53. The molecular weight excluding hydrogens is 342 g/mol. The topological polar surface area (TPSA) is 75.6 Å². The summed E-state index contributed by atoms with van der Waals surface area (Å²) in [6, 6.07) is 13.8. The maximum atomic E-state index is 12.1. The summed E-state index contributed by atoms with van der Waals surface area (Å²) in [6.07, 6.45) is -0.981. The van der Waals surface area contributed by atoms with Crippen LogP contribution in [-0.2, 0) is 9.53 Å². The summed E-state index contributed by atoms with van der Waals surface area (Å²) in [6.45, 7) is 3.91. The maximum absolute atomic E-state index is 12.1. The quantitative estimate of drug-likeness (QED) is 0.772. The zero-order chi connectivity index (χ0) is 18.4. The molecule has 2 aromatic carbocycles. The molecule has 0 heterocycles. The number of esters is 1. The maximum Gasteiger partial charge on any atom is 0.342 e. The van der Waals surface area contributed by atoms with Crippen molar-refractivity contribution in [2.24, 2.45) is 0 Å². The van der Waals surface area contributed by atoms with Gasteiger partial charge in [0, 0.05) is 11.6 Å². The van der Waals surface area contributed by atoms with Crippen molar-refractivity contribution in [1.29, 1.82) is 0 Å². The molecule has 2 N–H and O–H groups in total. The lowest BCUT2D eigenvalue weighted by Crippen LogP contribution is -2.37. The van der Waals surface area contributed by atoms with Gasteiger partial charge in [0.25, 0.3) is 5.91 Å². The van der Waals surface area contributed by atoms with E-state index in [4.69, 9.17) is 16.3 Å². The van der Waals surface area contributed by atoms with Crippen LogP contribution in [0.2, 0.25) is 5.02 Å². The third kappa shape index (κ3) is 5.22. The monoisotopic (exact) mass is 361 g/mol. The van der Waals surface area contributed by atoms with Gasteiger partial charge in [-0.1, -0.05) is 48.9 Å². The van der Waals surface area contributed by atoms with Crippen LogP contribution in [0.1, 0.15) is 35.7 Å². The predicted molar refractivity (Wildman–Crippen MR) is 95.9 cm³/mol. The molecule has 2 atom stereocenters. The number of benzene rings is 2. The zero-order valence-corrected chi connectivity index (χ0v) is 14.8. The fourth-order valence-electron chi connectivity index (χ4n) is 2.25. The van der Waals surface area contributed by atoms with E-state index in [0.29, 0.717) is 11.6 Å². The van der Waals surface area contributed by atoms with Crippen LogP contribution in [0.5, 0.6) is 5.75 Å². The van der Waals surface area contributed by atoms with Gasteiger partial charge in [0.2, 0.25) is 0 Å². The van der Waals surface area contributed by atoms with Crippen molar-refractivity contribution in [2.45, 2.75) is 25.9 Å². The van der Waals surface area contributed by atoms with Gasteiger partial charge in [-0.25, -0.2) is 4.79 Å². The summed E-state index contributed by atoms with van der Waals surface area (Å²) in [5, 5.41) is 12.8. The largest absolute Gasteiger partial charge is 0.507 e. The number of hydrogen-bond acceptors (Lipinski definition) is 4. The summed E-state index contributed by atoms with van der Waals surface area (Å²) < 4.78 is 5.10. The van der Waals surface area contributed by atoms with E-state index in [1.807, 2.05) is 37.3 Å². The Kier molecular flexibility index (Phi) is 6.42. The Balaban J connectivity index is 1.88. The molecule has 2 aromatic rings. The molecule has 6 heteroatoms. The third-order valence-electron chi connectivity index (χ3n) is 3.78. The highest BCUT2D eigenvalue weighted by atomic mass is 35.5. The van der Waals surface area contributed by atoms with Crippen LogP contribution in [0.15, 0.2) is 48.5 Å². The number of halogens is 1. The van der Waals surface area contributed by atoms with Crippen molar-refractivity contribution in [3.63, 3.8) is 0 Å². The van der Waals surface area contributed by atoms with Gasteiger partial charge in [0.1, 0.15) is 11.3 Å². The third-order valence-corrected chi connectivity index (χ3v) is 4.02. The van der Waals surface area contributed by atoms with Crippen molar-refractivity contribution < 1.29 is 19.4 Å². The van der Waals surface area contributed by atoms with Crippen LogP contribution in [0.25, 0.3) is 0 Å². The number of carbonyl (C=O) groups excluding carboxylic acids is 2. The van der Waals surface area contributed by atoms with E-state index < -0.39 is 18.0 Å². The molecule has 0 aliphatic carbocycles. The molecule has 2 rings (SSSR count). The molecule has 0 aliphatic rings. The molecule has 0 unspecified atom stereocenters. The van der Waals surface area contributed by atoms with Gasteiger partial charge in [0.15, 0.2) is 6.10 Å². The van der Waals surface area contributed by atoms with Gasteiger partial charge in [-0.05, 0) is 36.6 Å². The molecule has 25 heavy (non-hydrogen) atoms. The number of amides is 1. The smallest absolute Gasteiger partial charge is 0.342 e. The minimum atomic E-state index is -0.981. The van der Waals surface area contributed by atoms with E-state index in [1.54, 1.807) is 0 Å². The van der Waals surface area contributed by atoms with Gasteiger partial charge >= 0.3 is 5.97 Å². The highest BCUT2D eigenvalue weighted by molar-refractivity contribution is 6.30. The molecule has 0 saturated heterocycles. The molecule has 0 bridgehead atoms. The Morgan fingerprint density at radius 3 is 2.48 bits per heavy atom. The fourth-order valence-corrected chi connectivity index (χ4v) is 2.42. The zero-order valence-electron chi connectivity index (χ0n) is 14.0. The Hall–Kier alpha value is -2.53. The SMILES string of the molecule is C[C@H](CNC(=O)[C@@H](C)OC(=O)c1ccc(Cl)cc1O)c1ccccc1. The summed E-state index contributed by atoms with van der Waals surface area (Å²) >= 11 is 5.72. The first-order valence-electron chi connectivity index (χ1n) is 7.90. The number of phenolic OH excluding ortho intramolecular Hbond substituents is 1. The standard InChI is InChI=1S/C19H20ClNO4/c1-12(14-6-4-3-5-7-14)11-21-18(23)13(2)25-19(24)16-9-8-15(20)10-17(16)22/h3-10,12-13,22H,11H2,1-2H3,(H,21,23)/t12-,13-/m1/s1. The highest BCUT2D eigenvalue weighted by Gasteiger charge is 2.21. The number of aromatic hydroxyl groups is 1. The predicted octanol–water partition coefficient (Wildman–Crippen LogP) is 3.51. The van der Waals surface area contributed by atoms with E-state index in [9.17, 15) is 14.7 Å². The second-order valence-electron chi connectivity index (χ2n) is 5.77. The number of nitrogens with one attached hydrogen (secondary N) is 1. The molecule has 0 fully saturated rings.